The lowest BCUT2D eigenvalue weighted by Gasteiger charge is -2.16. The Morgan fingerprint density at radius 3 is 0.750 bits per heavy atom. The molecule has 0 spiro atoms. The van der Waals surface area contributed by atoms with Crippen LogP contribution in [0.3, 0.4) is 0 Å². The van der Waals surface area contributed by atoms with Crippen molar-refractivity contribution in [2.75, 3.05) is 13.2 Å². The standard InChI is InChI=1S/C38H74O6/c1-3-5-7-9-11-13-15-17-19-21-23-25-27-29-31-33-43-37(41)35(39)36(40)38(42)44-34-32-30-28-26-24-22-20-18-16-14-12-10-8-6-4-2/h35-36,39-40H,3-34H2,1-2H3. The van der Waals surface area contributed by atoms with Crippen molar-refractivity contribution in [3.63, 3.8) is 0 Å². The fraction of sp³-hybridized carbons (Fsp3) is 0.947. The molecule has 0 fully saturated rings. The highest BCUT2D eigenvalue weighted by Crippen LogP contribution is 2.15. The van der Waals surface area contributed by atoms with Gasteiger partial charge in [-0.3, -0.25) is 0 Å². The smallest absolute Gasteiger partial charge is 0.338 e. The van der Waals surface area contributed by atoms with Crippen LogP contribution in [-0.2, 0) is 19.1 Å². The average molecular weight is 627 g/mol. The SMILES string of the molecule is CCCCCCCCCCCCCCCCCOC(=O)C(O)C(O)C(=O)OCCCCCCCCCCCCCCCCC. The molecule has 2 N–H and O–H groups in total. The summed E-state index contributed by atoms with van der Waals surface area (Å²) in [6.45, 7) is 4.90. The van der Waals surface area contributed by atoms with Gasteiger partial charge in [0, 0.05) is 0 Å². The van der Waals surface area contributed by atoms with E-state index in [2.05, 4.69) is 13.8 Å². The molecule has 6 heteroatoms. The molecular formula is C38H74O6. The van der Waals surface area contributed by atoms with Gasteiger partial charge in [-0.15, -0.1) is 0 Å². The normalized spacial score (nSPS) is 12.7. The van der Waals surface area contributed by atoms with Crippen molar-refractivity contribution < 1.29 is 29.3 Å². The minimum Gasteiger partial charge on any atom is -0.464 e. The molecule has 0 heterocycles. The third-order valence-corrected chi connectivity index (χ3v) is 8.77. The third-order valence-electron chi connectivity index (χ3n) is 8.77. The number of hydrogen-bond acceptors (Lipinski definition) is 6. The second-order valence-corrected chi connectivity index (χ2v) is 13.1. The Kier molecular flexibility index (Phi) is 33.8. The molecule has 0 saturated carbocycles. The molecule has 0 bridgehead atoms. The zero-order chi connectivity index (χ0) is 32.4. The molecule has 44 heavy (non-hydrogen) atoms. The van der Waals surface area contributed by atoms with Gasteiger partial charge in [0.2, 0.25) is 0 Å². The maximum absolute atomic E-state index is 12.0. The summed E-state index contributed by atoms with van der Waals surface area (Å²) in [4.78, 5) is 24.0. The molecule has 0 amide bonds. The van der Waals surface area contributed by atoms with Crippen LogP contribution in [0.2, 0.25) is 0 Å². The van der Waals surface area contributed by atoms with Gasteiger partial charge in [0.15, 0.2) is 12.2 Å². The first-order valence-corrected chi connectivity index (χ1v) is 19.2. The Morgan fingerprint density at radius 2 is 0.545 bits per heavy atom. The lowest BCUT2D eigenvalue weighted by Crippen LogP contribution is -2.41. The largest absolute Gasteiger partial charge is 0.464 e. The summed E-state index contributed by atoms with van der Waals surface area (Å²) in [5.74, 6) is -1.93. The highest BCUT2D eigenvalue weighted by molar-refractivity contribution is 5.85. The summed E-state index contributed by atoms with van der Waals surface area (Å²) in [6, 6.07) is 0. The number of esters is 2. The van der Waals surface area contributed by atoms with Crippen molar-refractivity contribution in [1.82, 2.24) is 0 Å². The molecule has 0 radical (unpaired) electrons. The Morgan fingerprint density at radius 1 is 0.364 bits per heavy atom. The van der Waals surface area contributed by atoms with E-state index in [9.17, 15) is 19.8 Å². The van der Waals surface area contributed by atoms with Gasteiger partial charge in [0.1, 0.15) is 0 Å². The fourth-order valence-electron chi connectivity index (χ4n) is 5.72. The topological polar surface area (TPSA) is 93.1 Å². The molecule has 0 aromatic rings. The zero-order valence-electron chi connectivity index (χ0n) is 29.3. The average Bonchev–Trinajstić information content (AvgIpc) is 3.03. The van der Waals surface area contributed by atoms with Gasteiger partial charge >= 0.3 is 11.9 Å². The molecule has 6 nitrogen and oxygen atoms in total. The predicted octanol–water partition coefficient (Wildman–Crippen LogP) is 10.5. The number of aliphatic hydroxyl groups is 2. The highest BCUT2D eigenvalue weighted by Gasteiger charge is 2.32. The van der Waals surface area contributed by atoms with Crippen molar-refractivity contribution in [2.45, 2.75) is 219 Å². The lowest BCUT2D eigenvalue weighted by atomic mass is 10.0. The van der Waals surface area contributed by atoms with E-state index >= 15 is 0 Å². The van der Waals surface area contributed by atoms with Crippen LogP contribution < -0.4 is 0 Å². The Labute approximate surface area is 272 Å². The molecule has 0 aliphatic rings. The second kappa shape index (κ2) is 34.7. The van der Waals surface area contributed by atoms with E-state index < -0.39 is 24.1 Å². The van der Waals surface area contributed by atoms with Crippen molar-refractivity contribution >= 4 is 11.9 Å². The van der Waals surface area contributed by atoms with Crippen LogP contribution in [0.4, 0.5) is 0 Å². The lowest BCUT2D eigenvalue weighted by molar-refractivity contribution is -0.173. The minimum atomic E-state index is -1.90. The van der Waals surface area contributed by atoms with E-state index in [1.54, 1.807) is 0 Å². The first-order chi connectivity index (χ1) is 21.5. The maximum Gasteiger partial charge on any atom is 0.338 e. The first-order valence-electron chi connectivity index (χ1n) is 19.2. The van der Waals surface area contributed by atoms with Crippen molar-refractivity contribution in [3.8, 4) is 0 Å². The van der Waals surface area contributed by atoms with Crippen LogP contribution in [0.5, 0.6) is 0 Å². The van der Waals surface area contributed by atoms with E-state index in [0.717, 1.165) is 38.5 Å². The summed E-state index contributed by atoms with van der Waals surface area (Å²) in [5, 5.41) is 20.0. The summed E-state index contributed by atoms with van der Waals surface area (Å²) in [6.07, 6.45) is 33.9. The Hall–Kier alpha value is -1.14. The molecule has 0 saturated heterocycles. The number of aliphatic hydroxyl groups excluding tert-OH is 2. The number of unbranched alkanes of at least 4 members (excludes halogenated alkanes) is 28. The fourth-order valence-corrected chi connectivity index (χ4v) is 5.72. The predicted molar refractivity (Wildman–Crippen MR) is 184 cm³/mol. The second-order valence-electron chi connectivity index (χ2n) is 13.1. The molecule has 262 valence electrons. The molecular weight excluding hydrogens is 552 g/mol. The Balaban J connectivity index is 3.51. The van der Waals surface area contributed by atoms with Crippen LogP contribution in [-0.4, -0.2) is 47.6 Å². The van der Waals surface area contributed by atoms with Crippen LogP contribution in [0.15, 0.2) is 0 Å². The van der Waals surface area contributed by atoms with Gasteiger partial charge in [-0.2, -0.15) is 0 Å². The minimum absolute atomic E-state index is 0.190. The van der Waals surface area contributed by atoms with Crippen molar-refractivity contribution in [3.05, 3.63) is 0 Å². The van der Waals surface area contributed by atoms with Gasteiger partial charge in [0.25, 0.3) is 0 Å². The van der Waals surface area contributed by atoms with E-state index in [1.807, 2.05) is 0 Å². The molecule has 0 aliphatic carbocycles. The first kappa shape index (κ1) is 42.9. The molecule has 2 unspecified atom stereocenters. The Bertz CT molecular complexity index is 558. The highest BCUT2D eigenvalue weighted by atomic mass is 16.6. The van der Waals surface area contributed by atoms with E-state index in [1.165, 1.54) is 154 Å². The van der Waals surface area contributed by atoms with Gasteiger partial charge in [-0.1, -0.05) is 194 Å². The monoisotopic (exact) mass is 627 g/mol. The number of hydrogen-bond donors (Lipinski definition) is 2. The van der Waals surface area contributed by atoms with Crippen molar-refractivity contribution in [1.29, 1.82) is 0 Å². The number of ether oxygens (including phenoxy) is 2. The van der Waals surface area contributed by atoms with Crippen LogP contribution in [0, 0.1) is 0 Å². The molecule has 0 rings (SSSR count). The molecule has 0 aromatic heterocycles. The number of carbonyl (C=O) groups is 2. The number of carbonyl (C=O) groups excluding carboxylic acids is 2. The van der Waals surface area contributed by atoms with Gasteiger partial charge < -0.3 is 19.7 Å². The summed E-state index contributed by atoms with van der Waals surface area (Å²) < 4.78 is 10.1. The van der Waals surface area contributed by atoms with Crippen molar-refractivity contribution in [2.24, 2.45) is 0 Å². The molecule has 0 aliphatic heterocycles. The van der Waals surface area contributed by atoms with Gasteiger partial charge in [-0.25, -0.2) is 9.59 Å². The van der Waals surface area contributed by atoms with Gasteiger partial charge in [-0.05, 0) is 12.8 Å². The molecule has 0 aromatic carbocycles. The summed E-state index contributed by atoms with van der Waals surface area (Å²) in [5.41, 5.74) is 0. The van der Waals surface area contributed by atoms with E-state index in [0.29, 0.717) is 0 Å². The molecule has 2 atom stereocenters. The van der Waals surface area contributed by atoms with E-state index in [4.69, 9.17) is 9.47 Å². The summed E-state index contributed by atoms with van der Waals surface area (Å²) in [7, 11) is 0. The van der Waals surface area contributed by atoms with Crippen LogP contribution >= 0.6 is 0 Å². The van der Waals surface area contributed by atoms with Crippen LogP contribution in [0.1, 0.15) is 206 Å². The van der Waals surface area contributed by atoms with Gasteiger partial charge in [0.05, 0.1) is 13.2 Å². The third kappa shape index (κ3) is 29.6. The zero-order valence-corrected chi connectivity index (χ0v) is 29.3. The quantitative estimate of drug-likeness (QED) is 0.0537. The van der Waals surface area contributed by atoms with E-state index in [-0.39, 0.29) is 13.2 Å². The maximum atomic E-state index is 12.0. The summed E-state index contributed by atoms with van der Waals surface area (Å²) >= 11 is 0. The van der Waals surface area contributed by atoms with Crippen LogP contribution in [0.25, 0.3) is 0 Å². The number of rotatable bonds is 35.